The highest BCUT2D eigenvalue weighted by molar-refractivity contribution is 5.19. The van der Waals surface area contributed by atoms with E-state index in [1.165, 1.54) is 6.92 Å². The van der Waals surface area contributed by atoms with Gasteiger partial charge in [-0.1, -0.05) is 26.2 Å². The molecule has 0 aliphatic carbocycles. The van der Waals surface area contributed by atoms with E-state index in [4.69, 9.17) is 0 Å². The van der Waals surface area contributed by atoms with Crippen molar-refractivity contribution in [3.05, 3.63) is 24.8 Å². The molecule has 0 spiro atoms. The van der Waals surface area contributed by atoms with Crippen molar-refractivity contribution in [3.8, 4) is 0 Å². The van der Waals surface area contributed by atoms with Gasteiger partial charge in [-0.05, 0) is 0 Å². The molecule has 0 aromatic carbocycles. The van der Waals surface area contributed by atoms with Crippen LogP contribution in [0.4, 0.5) is 8.78 Å². The first kappa shape index (κ1) is 8.34. The van der Waals surface area contributed by atoms with Gasteiger partial charge in [0.25, 0.3) is 5.92 Å². The lowest BCUT2D eigenvalue weighted by Gasteiger charge is -2.12. The highest BCUT2D eigenvalue weighted by Gasteiger charge is 2.27. The van der Waals surface area contributed by atoms with Gasteiger partial charge in [0.15, 0.2) is 0 Å². The van der Waals surface area contributed by atoms with Crippen LogP contribution in [-0.2, 0) is 0 Å². The number of rotatable bonds is 3. The van der Waals surface area contributed by atoms with Crippen LogP contribution >= 0.6 is 0 Å². The Morgan fingerprint density at radius 1 is 1.67 bits per heavy atom. The van der Waals surface area contributed by atoms with Gasteiger partial charge in [-0.2, -0.15) is 0 Å². The first-order valence-electron chi connectivity index (χ1n) is 2.74. The molecule has 0 atom stereocenters. The third kappa shape index (κ3) is 1.96. The van der Waals surface area contributed by atoms with Crippen LogP contribution in [0.25, 0.3) is 0 Å². The molecule has 0 saturated heterocycles. The normalized spacial score (nSPS) is 11.0. The molecule has 0 N–H and O–H groups in total. The van der Waals surface area contributed by atoms with E-state index in [-0.39, 0.29) is 12.0 Å². The van der Waals surface area contributed by atoms with Crippen LogP contribution in [0.3, 0.4) is 0 Å². The van der Waals surface area contributed by atoms with Crippen LogP contribution in [0.5, 0.6) is 0 Å². The molecule has 0 radical (unpaired) electrons. The molecule has 52 valence electrons. The van der Waals surface area contributed by atoms with E-state index in [9.17, 15) is 8.78 Å². The van der Waals surface area contributed by atoms with Gasteiger partial charge < -0.3 is 0 Å². The highest BCUT2D eigenvalue weighted by Crippen LogP contribution is 2.26. The maximum atomic E-state index is 12.4. The molecular weight excluding hydrogens is 122 g/mol. The van der Waals surface area contributed by atoms with Crippen LogP contribution < -0.4 is 0 Å². The summed E-state index contributed by atoms with van der Waals surface area (Å²) in [6, 6.07) is 0. The van der Waals surface area contributed by atoms with Crippen molar-refractivity contribution in [2.45, 2.75) is 19.3 Å². The van der Waals surface area contributed by atoms with Crippen LogP contribution in [0.2, 0.25) is 0 Å². The van der Waals surface area contributed by atoms with Crippen molar-refractivity contribution in [2.24, 2.45) is 0 Å². The summed E-state index contributed by atoms with van der Waals surface area (Å²) in [5.41, 5.74) is -0.204. The van der Waals surface area contributed by atoms with Crippen LogP contribution in [-0.4, -0.2) is 5.92 Å². The van der Waals surface area contributed by atoms with E-state index in [2.05, 4.69) is 13.2 Å². The van der Waals surface area contributed by atoms with Crippen molar-refractivity contribution < 1.29 is 8.78 Å². The second kappa shape index (κ2) is 2.76. The van der Waals surface area contributed by atoms with E-state index in [0.29, 0.717) is 0 Å². The topological polar surface area (TPSA) is 0 Å². The lowest BCUT2D eigenvalue weighted by Crippen LogP contribution is -2.15. The molecule has 0 nitrogen and oxygen atoms in total. The number of hydrogen-bond acceptors (Lipinski definition) is 0. The molecule has 0 aromatic rings. The zero-order chi connectivity index (χ0) is 7.49. The summed E-state index contributed by atoms with van der Waals surface area (Å²) < 4.78 is 24.8. The predicted molar refractivity (Wildman–Crippen MR) is 34.6 cm³/mol. The summed E-state index contributed by atoms with van der Waals surface area (Å²) in [5, 5.41) is 0. The lowest BCUT2D eigenvalue weighted by molar-refractivity contribution is 0.0420. The average Bonchev–Trinajstić information content (AvgIpc) is 1.86. The first-order chi connectivity index (χ1) is 4.04. The second-order valence-corrected chi connectivity index (χ2v) is 1.79. The summed E-state index contributed by atoms with van der Waals surface area (Å²) in [7, 11) is 0. The Bertz CT molecular complexity index is 125. The van der Waals surface area contributed by atoms with Gasteiger partial charge in [-0.15, -0.1) is 0 Å². The van der Waals surface area contributed by atoms with Crippen molar-refractivity contribution >= 4 is 0 Å². The van der Waals surface area contributed by atoms with Gasteiger partial charge in [0.05, 0.1) is 0 Å². The van der Waals surface area contributed by atoms with Crippen molar-refractivity contribution in [1.82, 2.24) is 0 Å². The molecule has 9 heavy (non-hydrogen) atoms. The fourth-order valence-electron chi connectivity index (χ4n) is 0.376. The highest BCUT2D eigenvalue weighted by atomic mass is 19.3. The fraction of sp³-hybridized carbons (Fsp3) is 0.429. The minimum Gasteiger partial charge on any atom is -0.201 e. The Morgan fingerprint density at radius 3 is 2.22 bits per heavy atom. The molecule has 0 amide bonds. The first-order valence-corrected chi connectivity index (χ1v) is 2.74. The van der Waals surface area contributed by atoms with Crippen molar-refractivity contribution in [2.75, 3.05) is 0 Å². The SMILES string of the molecule is C=CC(=C)C(F)(F)CC. The summed E-state index contributed by atoms with van der Waals surface area (Å²) in [6.45, 7) is 7.75. The zero-order valence-corrected chi connectivity index (χ0v) is 5.45. The molecule has 0 heterocycles. The molecule has 0 aliphatic rings. The van der Waals surface area contributed by atoms with Gasteiger partial charge in [-0.3, -0.25) is 0 Å². The molecule has 0 aliphatic heterocycles. The van der Waals surface area contributed by atoms with Crippen molar-refractivity contribution in [3.63, 3.8) is 0 Å². The molecule has 0 fully saturated rings. The maximum absolute atomic E-state index is 12.4. The Kier molecular flexibility index (Phi) is 2.56. The number of allylic oxidation sites excluding steroid dienone is 2. The molecule has 2 heteroatoms. The van der Waals surface area contributed by atoms with Gasteiger partial charge in [0.1, 0.15) is 0 Å². The lowest BCUT2D eigenvalue weighted by atomic mass is 10.1. The third-order valence-electron chi connectivity index (χ3n) is 1.16. The summed E-state index contributed by atoms with van der Waals surface area (Å²) >= 11 is 0. The largest absolute Gasteiger partial charge is 0.272 e. The van der Waals surface area contributed by atoms with Crippen LogP contribution in [0, 0.1) is 0 Å². The van der Waals surface area contributed by atoms with Crippen LogP contribution in [0.1, 0.15) is 13.3 Å². The zero-order valence-electron chi connectivity index (χ0n) is 5.45. The van der Waals surface area contributed by atoms with E-state index in [1.807, 2.05) is 0 Å². The standard InChI is InChI=1S/C7H10F2/c1-4-6(3)7(8,9)5-2/h4H,1,3,5H2,2H3. The van der Waals surface area contributed by atoms with E-state index in [0.717, 1.165) is 6.08 Å². The second-order valence-electron chi connectivity index (χ2n) is 1.79. The average molecular weight is 132 g/mol. The van der Waals surface area contributed by atoms with Gasteiger partial charge in [0, 0.05) is 12.0 Å². The number of hydrogen-bond donors (Lipinski definition) is 0. The van der Waals surface area contributed by atoms with Gasteiger partial charge in [-0.25, -0.2) is 8.78 Å². The summed E-state index contributed by atoms with van der Waals surface area (Å²) in [5.74, 6) is -2.76. The smallest absolute Gasteiger partial charge is 0.201 e. The van der Waals surface area contributed by atoms with Crippen LogP contribution in [0.15, 0.2) is 24.8 Å². The third-order valence-corrected chi connectivity index (χ3v) is 1.16. The summed E-state index contributed by atoms with van der Waals surface area (Å²) in [6.07, 6.45) is 0.876. The Balaban J connectivity index is 4.13. The molecule has 0 unspecified atom stereocenters. The van der Waals surface area contributed by atoms with Gasteiger partial charge >= 0.3 is 0 Å². The number of halogens is 2. The minimum atomic E-state index is -2.76. The molecule has 0 saturated carbocycles. The predicted octanol–water partition coefficient (Wildman–Crippen LogP) is 2.77. The maximum Gasteiger partial charge on any atom is 0.272 e. The monoisotopic (exact) mass is 132 g/mol. The molecular formula is C7H10F2. The summed E-state index contributed by atoms with van der Waals surface area (Å²) in [4.78, 5) is 0. The van der Waals surface area contributed by atoms with E-state index in [1.54, 1.807) is 0 Å². The quantitative estimate of drug-likeness (QED) is 0.518. The van der Waals surface area contributed by atoms with Gasteiger partial charge in [0.2, 0.25) is 0 Å². The van der Waals surface area contributed by atoms with Crippen molar-refractivity contribution in [1.29, 1.82) is 0 Å². The molecule has 0 bridgehead atoms. The fourth-order valence-corrected chi connectivity index (χ4v) is 0.376. The Morgan fingerprint density at radius 2 is 2.11 bits per heavy atom. The Hall–Kier alpha value is -0.660. The van der Waals surface area contributed by atoms with E-state index >= 15 is 0 Å². The number of alkyl halides is 2. The minimum absolute atomic E-state index is 0.204. The Labute approximate surface area is 53.9 Å². The molecule has 0 rings (SSSR count). The van der Waals surface area contributed by atoms with E-state index < -0.39 is 5.92 Å². The molecule has 0 aromatic heterocycles.